The Bertz CT molecular complexity index is 1080. The Morgan fingerprint density at radius 3 is 2.47 bits per heavy atom. The van der Waals surface area contributed by atoms with Gasteiger partial charge in [-0.25, -0.2) is 9.18 Å². The highest BCUT2D eigenvalue weighted by atomic mass is 19.4. The Morgan fingerprint density at radius 2 is 1.83 bits per heavy atom. The van der Waals surface area contributed by atoms with Crippen molar-refractivity contribution in [2.45, 2.75) is 50.7 Å². The van der Waals surface area contributed by atoms with Crippen LogP contribution in [0, 0.1) is 5.82 Å². The molecule has 0 saturated carbocycles. The number of piperidine rings is 1. The normalized spacial score (nSPS) is 18.7. The van der Waals surface area contributed by atoms with Crippen LogP contribution in [0.25, 0.3) is 0 Å². The zero-order valence-corrected chi connectivity index (χ0v) is 16.6. The maximum atomic E-state index is 14.4. The minimum atomic E-state index is -4.75. The molecule has 4 rings (SSSR count). The highest BCUT2D eigenvalue weighted by Gasteiger charge is 2.45. The van der Waals surface area contributed by atoms with Crippen LogP contribution >= 0.6 is 0 Å². The van der Waals surface area contributed by atoms with Gasteiger partial charge in [-0.15, -0.1) is 0 Å². The number of rotatable bonds is 3. The quantitative estimate of drug-likeness (QED) is 0.770. The third-order valence-electron chi connectivity index (χ3n) is 6.68. The fourth-order valence-corrected chi connectivity index (χ4v) is 5.01. The van der Waals surface area contributed by atoms with E-state index in [1.807, 2.05) is 0 Å². The summed E-state index contributed by atoms with van der Waals surface area (Å²) in [5.74, 6) is -1.03. The summed E-state index contributed by atoms with van der Waals surface area (Å²) < 4.78 is 55.7. The number of benzene rings is 1. The van der Waals surface area contributed by atoms with Gasteiger partial charge in [0.2, 0.25) is 0 Å². The average molecular weight is 425 g/mol. The minimum absolute atomic E-state index is 0.383. The van der Waals surface area contributed by atoms with Crippen LogP contribution < -0.4 is 11.2 Å². The van der Waals surface area contributed by atoms with Gasteiger partial charge in [0.1, 0.15) is 5.82 Å². The van der Waals surface area contributed by atoms with Crippen LogP contribution in [0.15, 0.2) is 27.8 Å². The van der Waals surface area contributed by atoms with E-state index in [9.17, 15) is 27.2 Å². The van der Waals surface area contributed by atoms with Crippen LogP contribution in [0.4, 0.5) is 17.6 Å². The molecule has 30 heavy (non-hydrogen) atoms. The molecule has 0 bridgehead atoms. The molecule has 1 aliphatic carbocycles. The van der Waals surface area contributed by atoms with Gasteiger partial charge in [0.05, 0.1) is 12.1 Å². The molecular formula is C21H23F4N3O2. The Morgan fingerprint density at radius 1 is 1.13 bits per heavy atom. The SMILES string of the molecule is CCN1CCC2(CCc3c2c(=O)[nH]c(=O)n3Cc2c(F)cccc2C(F)(F)F)CC1. The molecule has 0 atom stereocenters. The summed E-state index contributed by atoms with van der Waals surface area (Å²) in [6.07, 6.45) is -2.17. The molecule has 2 aromatic rings. The third kappa shape index (κ3) is 3.38. The van der Waals surface area contributed by atoms with Crippen LogP contribution in [0.5, 0.6) is 0 Å². The molecule has 0 amide bonds. The summed E-state index contributed by atoms with van der Waals surface area (Å²) in [6, 6.07) is 2.75. The predicted molar refractivity (Wildman–Crippen MR) is 103 cm³/mol. The van der Waals surface area contributed by atoms with Crippen molar-refractivity contribution < 1.29 is 17.6 Å². The van der Waals surface area contributed by atoms with Gasteiger partial charge in [-0.1, -0.05) is 13.0 Å². The zero-order chi connectivity index (χ0) is 21.7. The predicted octanol–water partition coefficient (Wildman–Crippen LogP) is 3.04. The molecule has 0 radical (unpaired) electrons. The number of halogens is 4. The lowest BCUT2D eigenvalue weighted by Gasteiger charge is -2.39. The smallest absolute Gasteiger partial charge is 0.304 e. The Kier molecular flexibility index (Phi) is 5.12. The van der Waals surface area contributed by atoms with Crippen molar-refractivity contribution >= 4 is 0 Å². The molecule has 1 N–H and O–H groups in total. The number of likely N-dealkylation sites (tertiary alicyclic amines) is 1. The number of fused-ring (bicyclic) bond motifs is 2. The summed E-state index contributed by atoms with van der Waals surface area (Å²) in [5.41, 5.74) is -2.45. The van der Waals surface area contributed by atoms with Gasteiger partial charge in [-0.05, 0) is 57.5 Å². The molecule has 2 aliphatic rings. The molecule has 1 aromatic carbocycles. The van der Waals surface area contributed by atoms with Crippen LogP contribution in [-0.2, 0) is 24.6 Å². The molecule has 5 nitrogen and oxygen atoms in total. The maximum absolute atomic E-state index is 14.4. The van der Waals surface area contributed by atoms with Crippen molar-refractivity contribution in [3.63, 3.8) is 0 Å². The van der Waals surface area contributed by atoms with Crippen LogP contribution in [0.3, 0.4) is 0 Å². The van der Waals surface area contributed by atoms with Gasteiger partial charge in [0.15, 0.2) is 0 Å². The number of hydrogen-bond acceptors (Lipinski definition) is 3. The van der Waals surface area contributed by atoms with Crippen LogP contribution in [0.2, 0.25) is 0 Å². The van der Waals surface area contributed by atoms with E-state index in [4.69, 9.17) is 0 Å². The second-order valence-electron chi connectivity index (χ2n) is 8.15. The van der Waals surface area contributed by atoms with E-state index in [0.717, 1.165) is 55.2 Å². The van der Waals surface area contributed by atoms with E-state index < -0.39 is 40.9 Å². The first-order valence-corrected chi connectivity index (χ1v) is 10.1. The zero-order valence-electron chi connectivity index (χ0n) is 16.6. The van der Waals surface area contributed by atoms with Gasteiger partial charge in [-0.3, -0.25) is 14.3 Å². The first kappa shape index (κ1) is 20.8. The average Bonchev–Trinajstić information content (AvgIpc) is 3.05. The molecule has 162 valence electrons. The molecule has 0 unspecified atom stereocenters. The van der Waals surface area contributed by atoms with Crippen molar-refractivity contribution in [3.8, 4) is 0 Å². The van der Waals surface area contributed by atoms with E-state index in [1.54, 1.807) is 0 Å². The highest BCUT2D eigenvalue weighted by Crippen LogP contribution is 2.44. The topological polar surface area (TPSA) is 58.1 Å². The lowest BCUT2D eigenvalue weighted by atomic mass is 9.74. The molecule has 1 spiro atoms. The monoisotopic (exact) mass is 425 g/mol. The van der Waals surface area contributed by atoms with Crippen molar-refractivity contribution in [2.75, 3.05) is 19.6 Å². The number of hydrogen-bond donors (Lipinski definition) is 1. The van der Waals surface area contributed by atoms with Crippen molar-refractivity contribution in [1.82, 2.24) is 14.5 Å². The number of aromatic nitrogens is 2. The molecular weight excluding hydrogens is 402 g/mol. The molecule has 1 fully saturated rings. The maximum Gasteiger partial charge on any atom is 0.416 e. The van der Waals surface area contributed by atoms with E-state index in [1.165, 1.54) is 0 Å². The molecule has 1 aliphatic heterocycles. The van der Waals surface area contributed by atoms with E-state index in [2.05, 4.69) is 16.8 Å². The largest absolute Gasteiger partial charge is 0.416 e. The van der Waals surface area contributed by atoms with E-state index >= 15 is 0 Å². The van der Waals surface area contributed by atoms with Gasteiger partial charge in [0, 0.05) is 22.2 Å². The second kappa shape index (κ2) is 7.37. The Labute approximate surface area is 170 Å². The minimum Gasteiger partial charge on any atom is -0.304 e. The van der Waals surface area contributed by atoms with Gasteiger partial charge in [0.25, 0.3) is 5.56 Å². The number of alkyl halides is 3. The molecule has 2 heterocycles. The Hall–Kier alpha value is -2.42. The summed E-state index contributed by atoms with van der Waals surface area (Å²) in [5, 5.41) is 0. The first-order chi connectivity index (χ1) is 14.2. The van der Waals surface area contributed by atoms with Crippen molar-refractivity contribution in [2.24, 2.45) is 0 Å². The lowest BCUT2D eigenvalue weighted by Crippen LogP contribution is -2.45. The van der Waals surface area contributed by atoms with Crippen LogP contribution in [0.1, 0.15) is 48.6 Å². The van der Waals surface area contributed by atoms with E-state index in [0.29, 0.717) is 24.1 Å². The Balaban J connectivity index is 1.81. The third-order valence-corrected chi connectivity index (χ3v) is 6.68. The number of H-pyrrole nitrogens is 1. The van der Waals surface area contributed by atoms with Crippen molar-refractivity contribution in [3.05, 3.63) is 67.2 Å². The molecule has 1 saturated heterocycles. The number of nitrogens with one attached hydrogen (secondary N) is 1. The first-order valence-electron chi connectivity index (χ1n) is 10.1. The van der Waals surface area contributed by atoms with Gasteiger partial charge in [-0.2, -0.15) is 13.2 Å². The summed E-state index contributed by atoms with van der Waals surface area (Å²) in [4.78, 5) is 29.8. The number of aromatic amines is 1. The van der Waals surface area contributed by atoms with Crippen LogP contribution in [-0.4, -0.2) is 34.1 Å². The summed E-state index contributed by atoms with van der Waals surface area (Å²) >= 11 is 0. The summed E-state index contributed by atoms with van der Waals surface area (Å²) in [6.45, 7) is 4.04. The standard InChI is InChI=1S/C21H23F4N3O2/c1-2-27-10-8-20(9-11-27)7-6-16-17(20)18(29)26-19(30)28(16)12-13-14(21(23,24)25)4-3-5-15(13)22/h3-5H,2,6-12H2,1H3,(H,26,29,30). The second-order valence-corrected chi connectivity index (χ2v) is 8.15. The summed E-state index contributed by atoms with van der Waals surface area (Å²) in [7, 11) is 0. The molecule has 9 heteroatoms. The van der Waals surface area contributed by atoms with Gasteiger partial charge < -0.3 is 4.90 Å². The molecule has 1 aromatic heterocycles. The van der Waals surface area contributed by atoms with Crippen molar-refractivity contribution in [1.29, 1.82) is 0 Å². The number of nitrogens with zero attached hydrogens (tertiary/aromatic N) is 2. The van der Waals surface area contributed by atoms with E-state index in [-0.39, 0.29) is 5.41 Å². The highest BCUT2D eigenvalue weighted by molar-refractivity contribution is 5.37. The fourth-order valence-electron chi connectivity index (χ4n) is 5.01. The van der Waals surface area contributed by atoms with Gasteiger partial charge >= 0.3 is 11.9 Å². The fraction of sp³-hybridized carbons (Fsp3) is 0.524. The lowest BCUT2D eigenvalue weighted by molar-refractivity contribution is -0.138.